The number of carbonyl (C=O) groups excluding carboxylic acids is 1. The van der Waals surface area contributed by atoms with Gasteiger partial charge in [0.2, 0.25) is 0 Å². The van der Waals surface area contributed by atoms with Crippen LogP contribution in [0.5, 0.6) is 0 Å². The molecule has 2 heterocycles. The Morgan fingerprint density at radius 1 is 1.75 bits per heavy atom. The number of aromatic nitrogens is 2. The molecule has 0 radical (unpaired) electrons. The molecule has 0 saturated heterocycles. The standard InChI is InChI=1S/C10H14FN3O2/c11-3-4-16-10(15)13-8-1-2-9-5-12-7-14(9)6-8/h5,7-8H,1-4,6H2,(H,13,15). The highest BCUT2D eigenvalue weighted by Crippen LogP contribution is 2.13. The number of alkyl carbamates (subject to hydrolysis) is 1. The fourth-order valence-electron chi connectivity index (χ4n) is 1.83. The fourth-order valence-corrected chi connectivity index (χ4v) is 1.83. The molecule has 88 valence electrons. The van der Waals surface area contributed by atoms with Crippen molar-refractivity contribution in [3.8, 4) is 0 Å². The van der Waals surface area contributed by atoms with Crippen LogP contribution in [0.2, 0.25) is 0 Å². The normalized spacial score (nSPS) is 18.9. The third-order valence-corrected chi connectivity index (χ3v) is 2.60. The van der Waals surface area contributed by atoms with E-state index in [1.807, 2.05) is 10.8 Å². The number of carbonyl (C=O) groups is 1. The SMILES string of the molecule is O=C(NC1CCc2cncn2C1)OCCF. The van der Waals surface area contributed by atoms with Gasteiger partial charge in [0.25, 0.3) is 0 Å². The quantitative estimate of drug-likeness (QED) is 0.834. The summed E-state index contributed by atoms with van der Waals surface area (Å²) in [5, 5.41) is 2.71. The predicted molar refractivity (Wildman–Crippen MR) is 54.8 cm³/mol. The molecule has 1 N–H and O–H groups in total. The molecule has 1 aromatic heterocycles. The molecule has 0 aliphatic carbocycles. The van der Waals surface area contributed by atoms with Crippen LogP contribution in [-0.2, 0) is 17.7 Å². The Morgan fingerprint density at radius 2 is 2.62 bits per heavy atom. The number of rotatable bonds is 3. The molecule has 2 rings (SSSR count). The topological polar surface area (TPSA) is 56.2 Å². The van der Waals surface area contributed by atoms with Crippen LogP contribution in [0.25, 0.3) is 0 Å². The molecule has 0 fully saturated rings. The molecule has 5 nitrogen and oxygen atoms in total. The lowest BCUT2D eigenvalue weighted by Gasteiger charge is -2.24. The summed E-state index contributed by atoms with van der Waals surface area (Å²) in [6.07, 6.45) is 4.77. The van der Waals surface area contributed by atoms with Crippen molar-refractivity contribution in [1.82, 2.24) is 14.9 Å². The van der Waals surface area contributed by atoms with E-state index >= 15 is 0 Å². The highest BCUT2D eigenvalue weighted by atomic mass is 19.1. The van der Waals surface area contributed by atoms with Crippen LogP contribution in [0.3, 0.4) is 0 Å². The lowest BCUT2D eigenvalue weighted by molar-refractivity contribution is 0.131. The molecule has 1 aliphatic heterocycles. The van der Waals surface area contributed by atoms with Crippen molar-refractivity contribution in [1.29, 1.82) is 0 Å². The maximum atomic E-state index is 11.8. The van der Waals surface area contributed by atoms with Crippen LogP contribution < -0.4 is 5.32 Å². The lowest BCUT2D eigenvalue weighted by atomic mass is 10.1. The summed E-state index contributed by atoms with van der Waals surface area (Å²) in [5.74, 6) is 0. The van der Waals surface area contributed by atoms with Crippen molar-refractivity contribution >= 4 is 6.09 Å². The molecule has 0 aromatic carbocycles. The number of imidazole rings is 1. The Hall–Kier alpha value is -1.59. The zero-order valence-electron chi connectivity index (χ0n) is 8.86. The van der Waals surface area contributed by atoms with E-state index in [4.69, 9.17) is 0 Å². The summed E-state index contributed by atoms with van der Waals surface area (Å²) in [6.45, 7) is -0.140. The summed E-state index contributed by atoms with van der Waals surface area (Å²) in [5.41, 5.74) is 1.18. The van der Waals surface area contributed by atoms with Gasteiger partial charge in [-0.25, -0.2) is 14.2 Å². The number of hydrogen-bond acceptors (Lipinski definition) is 3. The first-order chi connectivity index (χ1) is 7.79. The molecule has 16 heavy (non-hydrogen) atoms. The van der Waals surface area contributed by atoms with E-state index in [-0.39, 0.29) is 12.6 Å². The average Bonchev–Trinajstić information content (AvgIpc) is 2.73. The number of alkyl halides is 1. The smallest absolute Gasteiger partial charge is 0.407 e. The average molecular weight is 227 g/mol. The molecular formula is C10H14FN3O2. The summed E-state index contributed by atoms with van der Waals surface area (Å²) >= 11 is 0. The Bertz CT molecular complexity index is 367. The van der Waals surface area contributed by atoms with Crippen LogP contribution in [0.1, 0.15) is 12.1 Å². The van der Waals surface area contributed by atoms with Crippen LogP contribution in [0.15, 0.2) is 12.5 Å². The number of nitrogens with zero attached hydrogens (tertiary/aromatic N) is 2. The molecule has 6 heteroatoms. The van der Waals surface area contributed by atoms with Crippen LogP contribution in [-0.4, -0.2) is 35.0 Å². The number of fused-ring (bicyclic) bond motifs is 1. The molecule has 1 aliphatic rings. The summed E-state index contributed by atoms with van der Waals surface area (Å²) in [4.78, 5) is 15.2. The van der Waals surface area contributed by atoms with E-state index < -0.39 is 12.8 Å². The lowest BCUT2D eigenvalue weighted by Crippen LogP contribution is -2.41. The number of amides is 1. The monoisotopic (exact) mass is 227 g/mol. The number of nitrogens with one attached hydrogen (secondary N) is 1. The van der Waals surface area contributed by atoms with Gasteiger partial charge in [0.05, 0.1) is 12.4 Å². The first-order valence-corrected chi connectivity index (χ1v) is 5.28. The molecule has 0 saturated carbocycles. The molecule has 0 spiro atoms. The Morgan fingerprint density at radius 3 is 3.44 bits per heavy atom. The minimum atomic E-state index is -0.649. The molecule has 1 aromatic rings. The van der Waals surface area contributed by atoms with Gasteiger partial charge in [-0.1, -0.05) is 0 Å². The van der Waals surface area contributed by atoms with Gasteiger partial charge in [0.1, 0.15) is 13.3 Å². The summed E-state index contributed by atoms with van der Waals surface area (Å²) in [7, 11) is 0. The van der Waals surface area contributed by atoms with Gasteiger partial charge in [-0.2, -0.15) is 0 Å². The van der Waals surface area contributed by atoms with Gasteiger partial charge < -0.3 is 14.6 Å². The second-order valence-electron chi connectivity index (χ2n) is 3.74. The summed E-state index contributed by atoms with van der Waals surface area (Å²) < 4.78 is 18.4. The maximum Gasteiger partial charge on any atom is 0.407 e. The zero-order valence-corrected chi connectivity index (χ0v) is 8.86. The van der Waals surface area contributed by atoms with Crippen LogP contribution in [0, 0.1) is 0 Å². The fraction of sp³-hybridized carbons (Fsp3) is 0.600. The molecule has 1 atom stereocenters. The van der Waals surface area contributed by atoms with Gasteiger partial charge in [0, 0.05) is 18.4 Å². The van der Waals surface area contributed by atoms with E-state index in [0.717, 1.165) is 12.8 Å². The van der Waals surface area contributed by atoms with Crippen molar-refractivity contribution in [3.05, 3.63) is 18.2 Å². The van der Waals surface area contributed by atoms with Gasteiger partial charge in [-0.05, 0) is 12.8 Å². The van der Waals surface area contributed by atoms with Gasteiger partial charge >= 0.3 is 6.09 Å². The van der Waals surface area contributed by atoms with Crippen LogP contribution in [0.4, 0.5) is 9.18 Å². The summed E-state index contributed by atoms with van der Waals surface area (Å²) in [6, 6.07) is 0.0359. The second-order valence-corrected chi connectivity index (χ2v) is 3.74. The third-order valence-electron chi connectivity index (χ3n) is 2.60. The van der Waals surface area contributed by atoms with Gasteiger partial charge in [-0.3, -0.25) is 0 Å². The third kappa shape index (κ3) is 2.50. The number of aryl methyl sites for hydroxylation is 1. The van der Waals surface area contributed by atoms with Crippen molar-refractivity contribution < 1.29 is 13.9 Å². The molecule has 0 bridgehead atoms. The van der Waals surface area contributed by atoms with Gasteiger partial charge in [-0.15, -0.1) is 0 Å². The van der Waals surface area contributed by atoms with E-state index in [0.29, 0.717) is 6.54 Å². The number of ether oxygens (including phenoxy) is 1. The molecule has 1 unspecified atom stereocenters. The number of halogens is 1. The predicted octanol–water partition coefficient (Wildman–Crippen LogP) is 0.894. The van der Waals surface area contributed by atoms with Crippen LogP contribution >= 0.6 is 0 Å². The van der Waals surface area contributed by atoms with Crippen molar-refractivity contribution in [2.24, 2.45) is 0 Å². The van der Waals surface area contributed by atoms with Crippen molar-refractivity contribution in [2.45, 2.75) is 25.4 Å². The Kier molecular flexibility index (Phi) is 3.38. The van der Waals surface area contributed by atoms with E-state index in [9.17, 15) is 9.18 Å². The minimum absolute atomic E-state index is 0.0359. The van der Waals surface area contributed by atoms with E-state index in [2.05, 4.69) is 15.0 Å². The maximum absolute atomic E-state index is 11.8. The Labute approximate surface area is 92.6 Å². The molecule has 1 amide bonds. The van der Waals surface area contributed by atoms with E-state index in [1.165, 1.54) is 5.69 Å². The first-order valence-electron chi connectivity index (χ1n) is 5.28. The van der Waals surface area contributed by atoms with E-state index in [1.54, 1.807) is 6.33 Å². The van der Waals surface area contributed by atoms with Crippen molar-refractivity contribution in [3.63, 3.8) is 0 Å². The first kappa shape index (κ1) is 10.9. The minimum Gasteiger partial charge on any atom is -0.447 e. The zero-order chi connectivity index (χ0) is 11.4. The number of hydrogen-bond donors (Lipinski definition) is 1. The Balaban J connectivity index is 1.82. The molecular weight excluding hydrogens is 213 g/mol. The second kappa shape index (κ2) is 4.96. The highest BCUT2D eigenvalue weighted by Gasteiger charge is 2.20. The highest BCUT2D eigenvalue weighted by molar-refractivity contribution is 5.67. The van der Waals surface area contributed by atoms with Gasteiger partial charge in [0.15, 0.2) is 0 Å². The van der Waals surface area contributed by atoms with Crippen molar-refractivity contribution in [2.75, 3.05) is 13.3 Å². The largest absolute Gasteiger partial charge is 0.447 e.